The maximum absolute atomic E-state index is 2.67. The van der Waals surface area contributed by atoms with Crippen LogP contribution in [0, 0.1) is 0 Å². The maximum Gasteiger partial charge on any atom is -0.0273 e. The molecule has 0 aliphatic heterocycles. The summed E-state index contributed by atoms with van der Waals surface area (Å²) >= 11 is 0. The molecule has 0 radical (unpaired) electrons. The Morgan fingerprint density at radius 3 is 0.450 bits per heavy atom. The Labute approximate surface area is 508 Å². The lowest BCUT2D eigenvalue weighted by molar-refractivity contribution is 0.518. The Morgan fingerprint density at radius 2 is 0.300 bits per heavy atom. The Bertz CT molecular complexity index is 1200. The number of unbranched alkanes of at least 4 members (excludes halogenated alkanes) is 63. The Hall–Kier alpha value is -0.780. The van der Waals surface area contributed by atoms with Crippen LogP contribution in [-0.2, 0) is 25.7 Å². The van der Waals surface area contributed by atoms with E-state index in [4.69, 9.17) is 0 Å². The van der Waals surface area contributed by atoms with Crippen molar-refractivity contribution in [1.29, 1.82) is 0 Å². The van der Waals surface area contributed by atoms with Crippen LogP contribution in [0.4, 0.5) is 0 Å². The third kappa shape index (κ3) is 56.4. The largest absolute Gasteiger partial charge is 0.0654 e. The molecular formula is C80H154. The van der Waals surface area contributed by atoms with Crippen LogP contribution in [0.1, 0.15) is 474 Å². The van der Waals surface area contributed by atoms with Crippen LogP contribution >= 0.6 is 0 Å². The zero-order chi connectivity index (χ0) is 57.2. The number of hydrogen-bond donors (Lipinski definition) is 0. The highest BCUT2D eigenvalue weighted by Gasteiger charge is 2.12. The highest BCUT2D eigenvalue weighted by Crippen LogP contribution is 2.27. The SMILES string of the molecule is CCCCCCCCCCCCCCCCCCCCCCCCc1cc(CC)cc(CCCCCCCCCCCCCCCCCCCCCCCC)c1CCCCCCCCCCCCCCCCCCCCCCCC. The Kier molecular flexibility index (Phi) is 65.0. The van der Waals surface area contributed by atoms with Crippen molar-refractivity contribution in [2.45, 2.75) is 477 Å². The average molecular weight is 1120 g/mol. The van der Waals surface area contributed by atoms with Crippen LogP contribution < -0.4 is 0 Å². The van der Waals surface area contributed by atoms with Gasteiger partial charge >= 0.3 is 0 Å². The molecular weight excluding hydrogens is 961 g/mol. The molecule has 1 aromatic carbocycles. The van der Waals surface area contributed by atoms with Gasteiger partial charge < -0.3 is 0 Å². The van der Waals surface area contributed by atoms with Gasteiger partial charge in [0.1, 0.15) is 0 Å². The molecule has 474 valence electrons. The third-order valence-electron chi connectivity index (χ3n) is 19.3. The van der Waals surface area contributed by atoms with Crippen LogP contribution in [-0.4, -0.2) is 0 Å². The van der Waals surface area contributed by atoms with Crippen LogP contribution in [0.3, 0.4) is 0 Å². The molecule has 0 N–H and O–H groups in total. The van der Waals surface area contributed by atoms with Crippen LogP contribution in [0.2, 0.25) is 0 Å². The lowest BCUT2D eigenvalue weighted by Crippen LogP contribution is -2.04. The zero-order valence-electron chi connectivity index (χ0n) is 56.7. The van der Waals surface area contributed by atoms with Gasteiger partial charge in [0.25, 0.3) is 0 Å². The summed E-state index contributed by atoms with van der Waals surface area (Å²) in [6.07, 6.45) is 102. The first kappa shape index (κ1) is 77.2. The maximum atomic E-state index is 2.67. The molecule has 80 heavy (non-hydrogen) atoms. The molecule has 0 saturated heterocycles. The van der Waals surface area contributed by atoms with Gasteiger partial charge in [-0.1, -0.05) is 444 Å². The molecule has 1 aromatic rings. The number of aryl methyl sites for hydroxylation is 3. The van der Waals surface area contributed by atoms with E-state index in [1.807, 2.05) is 5.56 Å². The van der Waals surface area contributed by atoms with Gasteiger partial charge in [0.2, 0.25) is 0 Å². The van der Waals surface area contributed by atoms with E-state index in [0.29, 0.717) is 0 Å². The summed E-state index contributed by atoms with van der Waals surface area (Å²) in [4.78, 5) is 0. The topological polar surface area (TPSA) is 0 Å². The molecule has 0 saturated carbocycles. The van der Waals surface area contributed by atoms with E-state index in [2.05, 4.69) is 39.8 Å². The van der Waals surface area contributed by atoms with Gasteiger partial charge in [0.15, 0.2) is 0 Å². The van der Waals surface area contributed by atoms with E-state index in [1.165, 1.54) is 449 Å². The van der Waals surface area contributed by atoms with Gasteiger partial charge in [0.05, 0.1) is 0 Å². The van der Waals surface area contributed by atoms with E-state index in [1.54, 1.807) is 16.7 Å². The van der Waals surface area contributed by atoms with Crippen LogP contribution in [0.25, 0.3) is 0 Å². The highest BCUT2D eigenvalue weighted by atomic mass is 14.2. The quantitative estimate of drug-likeness (QED) is 0.0570. The van der Waals surface area contributed by atoms with Crippen molar-refractivity contribution >= 4 is 0 Å². The first-order valence-electron chi connectivity index (χ1n) is 38.9. The fourth-order valence-corrected chi connectivity index (χ4v) is 13.6. The molecule has 0 atom stereocenters. The smallest absolute Gasteiger partial charge is 0.0273 e. The number of rotatable bonds is 70. The van der Waals surface area contributed by atoms with Crippen molar-refractivity contribution in [2.24, 2.45) is 0 Å². The molecule has 1 rings (SSSR count). The second-order valence-electron chi connectivity index (χ2n) is 27.3. The molecule has 0 aliphatic carbocycles. The van der Waals surface area contributed by atoms with Gasteiger partial charge in [-0.2, -0.15) is 0 Å². The highest BCUT2D eigenvalue weighted by molar-refractivity contribution is 5.40. The molecule has 0 nitrogen and oxygen atoms in total. The second kappa shape index (κ2) is 67.3. The summed E-state index contributed by atoms with van der Waals surface area (Å²) in [6, 6.07) is 5.35. The lowest BCUT2D eigenvalue weighted by atomic mass is 9.87. The summed E-state index contributed by atoms with van der Waals surface area (Å²) in [7, 11) is 0. The summed E-state index contributed by atoms with van der Waals surface area (Å²) in [5.41, 5.74) is 6.94. The minimum Gasteiger partial charge on any atom is -0.0654 e. The summed E-state index contributed by atoms with van der Waals surface area (Å²) in [6.45, 7) is 9.37. The molecule has 0 aromatic heterocycles. The van der Waals surface area contributed by atoms with Crippen molar-refractivity contribution in [3.8, 4) is 0 Å². The Balaban J connectivity index is 2.34. The molecule has 0 aliphatic rings. The van der Waals surface area contributed by atoms with Crippen LogP contribution in [0.15, 0.2) is 12.1 Å². The second-order valence-corrected chi connectivity index (χ2v) is 27.3. The van der Waals surface area contributed by atoms with Gasteiger partial charge in [-0.05, 0) is 67.2 Å². The predicted octanol–water partition coefficient (Wildman–Crippen LogP) is 29.7. The average Bonchev–Trinajstić information content (AvgIpc) is 3.49. The van der Waals surface area contributed by atoms with Crippen LogP contribution in [0.5, 0.6) is 0 Å². The minimum absolute atomic E-state index is 1.19. The van der Waals surface area contributed by atoms with Crippen molar-refractivity contribution < 1.29 is 0 Å². The van der Waals surface area contributed by atoms with Gasteiger partial charge in [-0.25, -0.2) is 0 Å². The molecule has 0 heterocycles. The van der Waals surface area contributed by atoms with E-state index in [-0.39, 0.29) is 0 Å². The van der Waals surface area contributed by atoms with Crippen molar-refractivity contribution in [2.75, 3.05) is 0 Å². The first-order valence-corrected chi connectivity index (χ1v) is 38.9. The molecule has 0 bridgehead atoms. The Morgan fingerprint density at radius 1 is 0.163 bits per heavy atom. The van der Waals surface area contributed by atoms with E-state index in [0.717, 1.165) is 0 Å². The van der Waals surface area contributed by atoms with Crippen molar-refractivity contribution in [3.63, 3.8) is 0 Å². The van der Waals surface area contributed by atoms with Crippen molar-refractivity contribution in [3.05, 3.63) is 34.4 Å². The molecule has 0 amide bonds. The summed E-state index contributed by atoms with van der Waals surface area (Å²) in [5, 5.41) is 0. The van der Waals surface area contributed by atoms with Crippen molar-refractivity contribution in [1.82, 2.24) is 0 Å². The molecule has 0 fully saturated rings. The fraction of sp³-hybridized carbons (Fsp3) is 0.925. The molecule has 0 unspecified atom stereocenters. The lowest BCUT2D eigenvalue weighted by Gasteiger charge is -2.18. The fourth-order valence-electron chi connectivity index (χ4n) is 13.6. The molecule has 0 spiro atoms. The van der Waals surface area contributed by atoms with Gasteiger partial charge in [0, 0.05) is 0 Å². The minimum atomic E-state index is 1.19. The third-order valence-corrected chi connectivity index (χ3v) is 19.3. The summed E-state index contributed by atoms with van der Waals surface area (Å²) in [5.74, 6) is 0. The standard InChI is InChI=1S/C80H154/c1-5-9-12-15-18-21-24-27-30-33-36-39-42-45-48-51-54-57-60-63-66-69-72-78-75-77(8-4)76-79(73-70-67-64-61-58-55-52-49-46-43-40-37-34-31-28-25-22-19-16-13-10-6-2)80(78)74-71-68-65-62-59-56-53-50-47-44-41-38-35-32-29-26-23-20-17-14-11-7-3/h75-76H,5-74H2,1-4H3. The van der Waals surface area contributed by atoms with E-state index in [9.17, 15) is 0 Å². The normalized spacial score (nSPS) is 11.8. The van der Waals surface area contributed by atoms with Gasteiger partial charge in [-0.15, -0.1) is 0 Å². The zero-order valence-corrected chi connectivity index (χ0v) is 56.7. The molecule has 0 heteroatoms. The number of benzene rings is 1. The van der Waals surface area contributed by atoms with E-state index >= 15 is 0 Å². The number of hydrogen-bond acceptors (Lipinski definition) is 0. The summed E-state index contributed by atoms with van der Waals surface area (Å²) < 4.78 is 0. The predicted molar refractivity (Wildman–Crippen MR) is 369 cm³/mol. The van der Waals surface area contributed by atoms with E-state index < -0.39 is 0 Å². The first-order chi connectivity index (χ1) is 39.8. The monoisotopic (exact) mass is 1120 g/mol. The van der Waals surface area contributed by atoms with Gasteiger partial charge in [-0.3, -0.25) is 0 Å².